The lowest BCUT2D eigenvalue weighted by Crippen LogP contribution is -1.99. The summed E-state index contributed by atoms with van der Waals surface area (Å²) in [6, 6.07) is 3.87. The molecule has 4 nitrogen and oxygen atoms in total. The molecule has 14 heavy (non-hydrogen) atoms. The highest BCUT2D eigenvalue weighted by atomic mass is 19.1. The van der Waals surface area contributed by atoms with Gasteiger partial charge in [-0.3, -0.25) is 10.1 Å². The van der Waals surface area contributed by atoms with Crippen LogP contribution < -0.4 is 0 Å². The number of para-hydroxylation sites is 1. The van der Waals surface area contributed by atoms with Crippen LogP contribution in [0, 0.1) is 15.9 Å². The van der Waals surface area contributed by atoms with Gasteiger partial charge in [0.2, 0.25) is 5.82 Å². The fourth-order valence-corrected chi connectivity index (χ4v) is 1.18. The summed E-state index contributed by atoms with van der Waals surface area (Å²) in [7, 11) is 0. The molecule has 1 aromatic rings. The molecule has 5 heteroatoms. The standard InChI is InChI=1S/C9H8FNO3/c10-8-5-1-3-7(4-2-6-12)9(8)11(13)14/h1,3,5-6H,2,4H2. The van der Waals surface area contributed by atoms with Gasteiger partial charge in [0.15, 0.2) is 0 Å². The minimum absolute atomic E-state index is 0.157. The molecule has 1 aromatic carbocycles. The second-order valence-corrected chi connectivity index (χ2v) is 2.71. The first-order valence-corrected chi connectivity index (χ1v) is 4.02. The maximum Gasteiger partial charge on any atom is 0.307 e. The van der Waals surface area contributed by atoms with Gasteiger partial charge in [0.25, 0.3) is 0 Å². The van der Waals surface area contributed by atoms with E-state index in [4.69, 9.17) is 0 Å². The lowest BCUT2D eigenvalue weighted by atomic mass is 10.1. The molecule has 0 aliphatic carbocycles. The van der Waals surface area contributed by atoms with Crippen molar-refractivity contribution in [3.8, 4) is 0 Å². The molecule has 0 saturated carbocycles. The molecule has 0 bridgehead atoms. The largest absolute Gasteiger partial charge is 0.307 e. The van der Waals surface area contributed by atoms with Crippen LogP contribution in [0.25, 0.3) is 0 Å². The van der Waals surface area contributed by atoms with E-state index in [-0.39, 0.29) is 18.4 Å². The van der Waals surface area contributed by atoms with Gasteiger partial charge >= 0.3 is 5.69 Å². The summed E-state index contributed by atoms with van der Waals surface area (Å²) in [5.41, 5.74) is -0.281. The van der Waals surface area contributed by atoms with Crippen molar-refractivity contribution in [1.29, 1.82) is 0 Å². The zero-order chi connectivity index (χ0) is 10.6. The SMILES string of the molecule is O=CCCc1cccc(F)c1[N+](=O)[O-]. The van der Waals surface area contributed by atoms with Crippen LogP contribution in [-0.2, 0) is 11.2 Å². The number of rotatable bonds is 4. The fourth-order valence-electron chi connectivity index (χ4n) is 1.18. The van der Waals surface area contributed by atoms with E-state index >= 15 is 0 Å². The molecule has 0 aromatic heterocycles. The number of aldehydes is 1. The van der Waals surface area contributed by atoms with Crippen molar-refractivity contribution in [3.63, 3.8) is 0 Å². The third-order valence-electron chi connectivity index (χ3n) is 1.78. The Morgan fingerprint density at radius 3 is 2.79 bits per heavy atom. The molecule has 0 heterocycles. The molecule has 0 fully saturated rings. The molecule has 74 valence electrons. The van der Waals surface area contributed by atoms with Crippen LogP contribution in [-0.4, -0.2) is 11.2 Å². The number of halogens is 1. The van der Waals surface area contributed by atoms with E-state index in [1.165, 1.54) is 12.1 Å². The van der Waals surface area contributed by atoms with Crippen molar-refractivity contribution >= 4 is 12.0 Å². The summed E-state index contributed by atoms with van der Waals surface area (Å²) in [5, 5.41) is 10.5. The maximum absolute atomic E-state index is 13.0. The monoisotopic (exact) mass is 197 g/mol. The van der Waals surface area contributed by atoms with Crippen molar-refractivity contribution in [1.82, 2.24) is 0 Å². The van der Waals surface area contributed by atoms with Gasteiger partial charge in [-0.2, -0.15) is 4.39 Å². The normalized spacial score (nSPS) is 9.79. The first-order valence-electron chi connectivity index (χ1n) is 4.02. The Labute approximate surface area is 79.5 Å². The molecule has 0 atom stereocenters. The molecule has 0 saturated heterocycles. The fraction of sp³-hybridized carbons (Fsp3) is 0.222. The third-order valence-corrected chi connectivity index (χ3v) is 1.78. The summed E-state index contributed by atoms with van der Waals surface area (Å²) in [4.78, 5) is 19.8. The van der Waals surface area contributed by atoms with Gasteiger partial charge in [-0.05, 0) is 12.5 Å². The minimum atomic E-state index is -0.863. The van der Waals surface area contributed by atoms with Crippen LogP contribution in [0.15, 0.2) is 18.2 Å². The summed E-state index contributed by atoms with van der Waals surface area (Å²) >= 11 is 0. The molecule has 0 radical (unpaired) electrons. The minimum Gasteiger partial charge on any atom is -0.303 e. The second kappa shape index (κ2) is 4.45. The molecule has 0 N–H and O–H groups in total. The summed E-state index contributed by atoms with van der Waals surface area (Å²) in [5.74, 6) is -0.863. The number of aryl methyl sites for hydroxylation is 1. The number of carbonyl (C=O) groups is 1. The number of nitro groups is 1. The van der Waals surface area contributed by atoms with Crippen LogP contribution in [0.1, 0.15) is 12.0 Å². The number of nitrogens with zero attached hydrogens (tertiary/aromatic N) is 1. The predicted octanol–water partition coefficient (Wildman–Crippen LogP) is 1.87. The molecule has 0 spiro atoms. The summed E-state index contributed by atoms with van der Waals surface area (Å²) in [6.45, 7) is 0. The smallest absolute Gasteiger partial charge is 0.303 e. The van der Waals surface area contributed by atoms with Crippen molar-refractivity contribution in [2.45, 2.75) is 12.8 Å². The first kappa shape index (κ1) is 10.3. The van der Waals surface area contributed by atoms with Gasteiger partial charge < -0.3 is 4.79 Å². The number of hydrogen-bond acceptors (Lipinski definition) is 3. The van der Waals surface area contributed by atoms with E-state index in [9.17, 15) is 19.3 Å². The van der Waals surface area contributed by atoms with Crippen LogP contribution >= 0.6 is 0 Å². The van der Waals surface area contributed by atoms with Crippen molar-refractivity contribution in [3.05, 3.63) is 39.7 Å². The van der Waals surface area contributed by atoms with E-state index in [1.807, 2.05) is 0 Å². The number of carbonyl (C=O) groups excluding carboxylic acids is 1. The van der Waals surface area contributed by atoms with Gasteiger partial charge in [-0.25, -0.2) is 0 Å². The average Bonchev–Trinajstić information content (AvgIpc) is 2.14. The van der Waals surface area contributed by atoms with Crippen LogP contribution in [0.4, 0.5) is 10.1 Å². The van der Waals surface area contributed by atoms with Gasteiger partial charge in [-0.1, -0.05) is 12.1 Å². The highest BCUT2D eigenvalue weighted by molar-refractivity contribution is 5.52. The van der Waals surface area contributed by atoms with Gasteiger partial charge in [0.1, 0.15) is 6.29 Å². The molecular weight excluding hydrogens is 189 g/mol. The number of nitro benzene ring substituents is 1. The maximum atomic E-state index is 13.0. The van der Waals surface area contributed by atoms with Crippen molar-refractivity contribution < 1.29 is 14.1 Å². The van der Waals surface area contributed by atoms with Gasteiger partial charge in [-0.15, -0.1) is 0 Å². The first-order chi connectivity index (χ1) is 6.66. The zero-order valence-electron chi connectivity index (χ0n) is 7.27. The molecular formula is C9H8FNO3. The quantitative estimate of drug-likeness (QED) is 0.420. The lowest BCUT2D eigenvalue weighted by molar-refractivity contribution is -0.388. The molecule has 0 unspecified atom stereocenters. The Kier molecular flexibility index (Phi) is 3.28. The summed E-state index contributed by atoms with van der Waals surface area (Å²) < 4.78 is 13.0. The predicted molar refractivity (Wildman–Crippen MR) is 47.4 cm³/mol. The summed E-state index contributed by atoms with van der Waals surface area (Å²) in [6.07, 6.45) is 0.997. The zero-order valence-corrected chi connectivity index (χ0v) is 7.27. The Morgan fingerprint density at radius 1 is 1.50 bits per heavy atom. The topological polar surface area (TPSA) is 60.2 Å². The van der Waals surface area contributed by atoms with Crippen molar-refractivity contribution in [2.75, 3.05) is 0 Å². The molecule has 1 rings (SSSR count). The lowest BCUT2D eigenvalue weighted by Gasteiger charge is -2.00. The third kappa shape index (κ3) is 2.12. The molecule has 0 amide bonds. The van der Waals surface area contributed by atoms with Crippen LogP contribution in [0.2, 0.25) is 0 Å². The van der Waals surface area contributed by atoms with Gasteiger partial charge in [0, 0.05) is 12.0 Å². The highest BCUT2D eigenvalue weighted by Gasteiger charge is 2.18. The van der Waals surface area contributed by atoms with Crippen LogP contribution in [0.5, 0.6) is 0 Å². The number of hydrogen-bond donors (Lipinski definition) is 0. The molecule has 0 aliphatic rings. The number of benzene rings is 1. The van der Waals surface area contributed by atoms with Crippen LogP contribution in [0.3, 0.4) is 0 Å². The Bertz CT molecular complexity index is 365. The Balaban J connectivity index is 3.07. The Morgan fingerprint density at radius 2 is 2.21 bits per heavy atom. The second-order valence-electron chi connectivity index (χ2n) is 2.71. The highest BCUT2D eigenvalue weighted by Crippen LogP contribution is 2.22. The average molecular weight is 197 g/mol. The van der Waals surface area contributed by atoms with E-state index in [2.05, 4.69) is 0 Å². The molecule has 0 aliphatic heterocycles. The van der Waals surface area contributed by atoms with E-state index in [0.29, 0.717) is 6.29 Å². The van der Waals surface area contributed by atoms with E-state index in [1.54, 1.807) is 0 Å². The van der Waals surface area contributed by atoms with Gasteiger partial charge in [0.05, 0.1) is 4.92 Å². The van der Waals surface area contributed by atoms with E-state index < -0.39 is 16.4 Å². The Hall–Kier alpha value is -1.78. The van der Waals surface area contributed by atoms with Crippen molar-refractivity contribution in [2.24, 2.45) is 0 Å². The van der Waals surface area contributed by atoms with E-state index in [0.717, 1.165) is 6.07 Å².